The quantitative estimate of drug-likeness (QED) is 0.722. The van der Waals surface area contributed by atoms with E-state index in [0.29, 0.717) is 32.7 Å². The molecule has 0 bridgehead atoms. The number of alkyl halides is 2. The Labute approximate surface area is 147 Å². The Morgan fingerprint density at radius 1 is 1.17 bits per heavy atom. The standard InChI is InChI=1S/C16H26Cl2N2O3/c17-11-1-2-13(21)14(15(11)18)10-3-4-19-12(9-10)16(22)20-5-7-23-8-6-20/h10-15,19,21H,1-9H2/t10-,11?,12+,13?,14?,15?/m0/s1. The number of hydrogen-bond donors (Lipinski definition) is 2. The zero-order valence-electron chi connectivity index (χ0n) is 13.3. The maximum Gasteiger partial charge on any atom is 0.239 e. The van der Waals surface area contributed by atoms with Gasteiger partial charge in [0.1, 0.15) is 0 Å². The predicted octanol–water partition coefficient (Wildman–Crippen LogP) is 1.20. The highest BCUT2D eigenvalue weighted by Crippen LogP contribution is 2.40. The number of nitrogens with zero attached hydrogens (tertiary/aromatic N) is 1. The van der Waals surface area contributed by atoms with Crippen LogP contribution in [0.2, 0.25) is 0 Å². The first-order valence-electron chi connectivity index (χ1n) is 8.64. The Morgan fingerprint density at radius 3 is 2.65 bits per heavy atom. The van der Waals surface area contributed by atoms with Gasteiger partial charge in [-0.15, -0.1) is 23.2 Å². The summed E-state index contributed by atoms with van der Waals surface area (Å²) in [4.78, 5) is 14.6. The van der Waals surface area contributed by atoms with Crippen LogP contribution in [0.25, 0.3) is 0 Å². The molecule has 6 atom stereocenters. The SMILES string of the molecule is O=C([C@H]1C[C@@H](C2C(O)CCC(Cl)C2Cl)CCN1)N1CCOCC1. The van der Waals surface area contributed by atoms with Gasteiger partial charge in [-0.25, -0.2) is 0 Å². The van der Waals surface area contributed by atoms with E-state index in [-0.39, 0.29) is 34.5 Å². The Hall–Kier alpha value is -0.0700. The number of amides is 1. The molecule has 0 aromatic rings. The molecular weight excluding hydrogens is 339 g/mol. The van der Waals surface area contributed by atoms with Crippen molar-refractivity contribution in [2.75, 3.05) is 32.8 Å². The fourth-order valence-corrected chi connectivity index (χ4v) is 4.99. The zero-order chi connectivity index (χ0) is 16.4. The van der Waals surface area contributed by atoms with Crippen molar-refractivity contribution < 1.29 is 14.6 Å². The van der Waals surface area contributed by atoms with Crippen LogP contribution in [0.5, 0.6) is 0 Å². The first kappa shape index (κ1) is 17.7. The van der Waals surface area contributed by atoms with Gasteiger partial charge in [0.05, 0.1) is 36.1 Å². The second-order valence-electron chi connectivity index (χ2n) is 6.91. The average molecular weight is 365 g/mol. The second kappa shape index (κ2) is 7.87. The molecule has 4 unspecified atom stereocenters. The summed E-state index contributed by atoms with van der Waals surface area (Å²) < 4.78 is 5.31. The average Bonchev–Trinajstić information content (AvgIpc) is 2.59. The van der Waals surface area contributed by atoms with Gasteiger partial charge in [-0.05, 0) is 38.1 Å². The minimum absolute atomic E-state index is 0.0185. The lowest BCUT2D eigenvalue weighted by molar-refractivity contribution is -0.139. The fourth-order valence-electron chi connectivity index (χ4n) is 4.20. The van der Waals surface area contributed by atoms with E-state index in [1.807, 2.05) is 4.90 Å². The van der Waals surface area contributed by atoms with Crippen LogP contribution in [0.1, 0.15) is 25.7 Å². The summed E-state index contributed by atoms with van der Waals surface area (Å²) in [5, 5.41) is 13.4. The third-order valence-electron chi connectivity index (χ3n) is 5.51. The molecule has 2 heterocycles. The van der Waals surface area contributed by atoms with Crippen molar-refractivity contribution in [3.05, 3.63) is 0 Å². The molecule has 3 fully saturated rings. The Bertz CT molecular complexity index is 420. The van der Waals surface area contributed by atoms with Crippen molar-refractivity contribution in [2.45, 2.75) is 48.6 Å². The second-order valence-corrected chi connectivity index (χ2v) is 7.98. The van der Waals surface area contributed by atoms with Gasteiger partial charge in [0.2, 0.25) is 5.91 Å². The number of hydrogen-bond acceptors (Lipinski definition) is 4. The summed E-state index contributed by atoms with van der Waals surface area (Å²) in [6.07, 6.45) is 2.71. The minimum atomic E-state index is -0.408. The van der Waals surface area contributed by atoms with Crippen LogP contribution in [0, 0.1) is 11.8 Å². The maximum atomic E-state index is 12.7. The Balaban J connectivity index is 1.64. The third kappa shape index (κ3) is 3.96. The predicted molar refractivity (Wildman–Crippen MR) is 89.9 cm³/mol. The molecule has 1 saturated carbocycles. The number of aliphatic hydroxyl groups excluding tert-OH is 1. The van der Waals surface area contributed by atoms with E-state index in [1.54, 1.807) is 0 Å². The lowest BCUT2D eigenvalue weighted by Gasteiger charge is -2.43. The van der Waals surface area contributed by atoms with Crippen molar-refractivity contribution in [1.82, 2.24) is 10.2 Å². The number of morpholine rings is 1. The van der Waals surface area contributed by atoms with E-state index in [2.05, 4.69) is 5.32 Å². The molecule has 0 radical (unpaired) electrons. The van der Waals surface area contributed by atoms with Crippen LogP contribution < -0.4 is 5.32 Å². The summed E-state index contributed by atoms with van der Waals surface area (Å²) in [5.74, 6) is 0.372. The summed E-state index contributed by atoms with van der Waals surface area (Å²) >= 11 is 12.8. The number of piperidine rings is 1. The molecule has 5 nitrogen and oxygen atoms in total. The fraction of sp³-hybridized carbons (Fsp3) is 0.938. The van der Waals surface area contributed by atoms with Crippen molar-refractivity contribution >= 4 is 29.1 Å². The molecule has 3 aliphatic rings. The Morgan fingerprint density at radius 2 is 1.91 bits per heavy atom. The lowest BCUT2D eigenvalue weighted by Crippen LogP contribution is -2.55. The van der Waals surface area contributed by atoms with Gasteiger partial charge in [-0.1, -0.05) is 0 Å². The first-order valence-corrected chi connectivity index (χ1v) is 9.51. The van der Waals surface area contributed by atoms with Gasteiger partial charge in [0.25, 0.3) is 0 Å². The van der Waals surface area contributed by atoms with Crippen molar-refractivity contribution in [1.29, 1.82) is 0 Å². The van der Waals surface area contributed by atoms with Crippen molar-refractivity contribution in [3.8, 4) is 0 Å². The molecule has 0 spiro atoms. The van der Waals surface area contributed by atoms with Crippen molar-refractivity contribution in [3.63, 3.8) is 0 Å². The summed E-state index contributed by atoms with van der Waals surface area (Å²) in [5.41, 5.74) is 0. The summed E-state index contributed by atoms with van der Waals surface area (Å²) in [6, 6.07) is -0.182. The Kier molecular flexibility index (Phi) is 6.07. The number of carbonyl (C=O) groups is 1. The van der Waals surface area contributed by atoms with E-state index < -0.39 is 6.10 Å². The normalized spacial score (nSPS) is 42.5. The van der Waals surface area contributed by atoms with Crippen molar-refractivity contribution in [2.24, 2.45) is 11.8 Å². The van der Waals surface area contributed by atoms with E-state index in [1.165, 1.54) is 0 Å². The molecule has 7 heteroatoms. The number of ether oxygens (including phenoxy) is 1. The highest BCUT2D eigenvalue weighted by molar-refractivity contribution is 6.30. The largest absolute Gasteiger partial charge is 0.393 e. The first-order chi connectivity index (χ1) is 11.1. The third-order valence-corrected chi connectivity index (χ3v) is 6.72. The number of nitrogens with one attached hydrogen (secondary N) is 1. The monoisotopic (exact) mass is 364 g/mol. The minimum Gasteiger partial charge on any atom is -0.393 e. The number of rotatable bonds is 2. The number of aliphatic hydroxyl groups is 1. The number of carbonyl (C=O) groups excluding carboxylic acids is 1. The van der Waals surface area contributed by atoms with E-state index in [9.17, 15) is 9.90 Å². The van der Waals surface area contributed by atoms with Crippen LogP contribution >= 0.6 is 23.2 Å². The molecule has 132 valence electrons. The molecule has 2 saturated heterocycles. The maximum absolute atomic E-state index is 12.7. The molecule has 2 aliphatic heterocycles. The molecule has 1 amide bonds. The van der Waals surface area contributed by atoms with Gasteiger partial charge >= 0.3 is 0 Å². The molecule has 1 aliphatic carbocycles. The number of halogens is 2. The van der Waals surface area contributed by atoms with Crippen LogP contribution in [0.3, 0.4) is 0 Å². The molecule has 3 rings (SSSR count). The highest BCUT2D eigenvalue weighted by atomic mass is 35.5. The summed E-state index contributed by atoms with van der Waals surface area (Å²) in [6.45, 7) is 3.33. The van der Waals surface area contributed by atoms with E-state index in [4.69, 9.17) is 27.9 Å². The molecule has 0 aromatic heterocycles. The molecule has 23 heavy (non-hydrogen) atoms. The van der Waals surface area contributed by atoms with Gasteiger partial charge in [-0.3, -0.25) is 4.79 Å². The van der Waals surface area contributed by atoms with Gasteiger partial charge in [-0.2, -0.15) is 0 Å². The zero-order valence-corrected chi connectivity index (χ0v) is 14.8. The lowest BCUT2D eigenvalue weighted by atomic mass is 9.72. The van der Waals surface area contributed by atoms with Crippen LogP contribution in [0.4, 0.5) is 0 Å². The van der Waals surface area contributed by atoms with E-state index >= 15 is 0 Å². The smallest absolute Gasteiger partial charge is 0.239 e. The van der Waals surface area contributed by atoms with E-state index in [0.717, 1.165) is 25.8 Å². The van der Waals surface area contributed by atoms with Crippen LogP contribution in [0.15, 0.2) is 0 Å². The molecule has 2 N–H and O–H groups in total. The van der Waals surface area contributed by atoms with Gasteiger partial charge in [0, 0.05) is 19.0 Å². The van der Waals surface area contributed by atoms with Gasteiger partial charge in [0.15, 0.2) is 0 Å². The van der Waals surface area contributed by atoms with Crippen LogP contribution in [-0.2, 0) is 9.53 Å². The van der Waals surface area contributed by atoms with Gasteiger partial charge < -0.3 is 20.1 Å². The molecular formula is C16H26Cl2N2O3. The summed E-state index contributed by atoms with van der Waals surface area (Å²) in [7, 11) is 0. The topological polar surface area (TPSA) is 61.8 Å². The highest BCUT2D eigenvalue weighted by Gasteiger charge is 2.44. The van der Waals surface area contributed by atoms with Crippen LogP contribution in [-0.4, -0.2) is 71.7 Å². The molecule has 0 aromatic carbocycles.